The maximum Gasteiger partial charge on any atom is 0.345 e. The molecule has 4 rings (SSSR count). The summed E-state index contributed by atoms with van der Waals surface area (Å²) in [5.74, 6) is -0.686. The third-order valence-electron chi connectivity index (χ3n) is 5.63. The highest BCUT2D eigenvalue weighted by Crippen LogP contribution is 2.45. The highest BCUT2D eigenvalue weighted by atomic mass is 16.7. The van der Waals surface area contributed by atoms with Crippen molar-refractivity contribution in [3.05, 3.63) is 76.3 Å². The van der Waals surface area contributed by atoms with E-state index in [2.05, 4.69) is 0 Å². The minimum atomic E-state index is -2.00. The topological polar surface area (TPSA) is 92.7 Å². The van der Waals surface area contributed by atoms with E-state index >= 15 is 0 Å². The fourth-order valence-electron chi connectivity index (χ4n) is 4.07. The van der Waals surface area contributed by atoms with Crippen LogP contribution < -0.4 is 14.2 Å². The van der Waals surface area contributed by atoms with E-state index in [0.29, 0.717) is 28.4 Å². The summed E-state index contributed by atoms with van der Waals surface area (Å²) in [6, 6.07) is 10.6. The van der Waals surface area contributed by atoms with E-state index in [1.165, 1.54) is 6.26 Å². The number of hydrogen-bond acceptors (Lipinski definition) is 8. The average Bonchev–Trinajstić information content (AvgIpc) is 3.41. The molecule has 2 aromatic carbocycles. The Hall–Kier alpha value is -3.65. The van der Waals surface area contributed by atoms with E-state index in [1.54, 1.807) is 38.5 Å². The molecule has 2 aliphatic rings. The fourth-order valence-corrected chi connectivity index (χ4v) is 4.07. The second-order valence-corrected chi connectivity index (χ2v) is 8.31. The van der Waals surface area contributed by atoms with Gasteiger partial charge in [-0.1, -0.05) is 6.07 Å². The van der Waals surface area contributed by atoms with Gasteiger partial charge >= 0.3 is 5.97 Å². The number of carbonyl (C=O) groups excluding carboxylic acids is 1. The van der Waals surface area contributed by atoms with Gasteiger partial charge in [0.1, 0.15) is 17.6 Å². The largest absolute Gasteiger partial charge is 0.496 e. The summed E-state index contributed by atoms with van der Waals surface area (Å²) in [6.07, 6.45) is 1.51. The molecule has 0 aliphatic carbocycles. The Morgan fingerprint density at radius 1 is 1.06 bits per heavy atom. The predicted octanol–water partition coefficient (Wildman–Crippen LogP) is 3.89. The molecule has 2 aromatic rings. The van der Waals surface area contributed by atoms with Crippen LogP contribution in [0, 0.1) is 6.92 Å². The zero-order chi connectivity index (χ0) is 24.5. The molecule has 1 atom stereocenters. The van der Waals surface area contributed by atoms with Gasteiger partial charge in [-0.2, -0.15) is 0 Å². The van der Waals surface area contributed by atoms with Crippen molar-refractivity contribution in [2.24, 2.45) is 0 Å². The molecule has 1 N–H and O–H groups in total. The van der Waals surface area contributed by atoms with Crippen molar-refractivity contribution < 1.29 is 38.3 Å². The quantitative estimate of drug-likeness (QED) is 0.584. The summed E-state index contributed by atoms with van der Waals surface area (Å²) in [5.41, 5.74) is 2.43. The zero-order valence-electron chi connectivity index (χ0n) is 19.8. The Balaban J connectivity index is 1.81. The summed E-state index contributed by atoms with van der Waals surface area (Å²) < 4.78 is 32.9. The summed E-state index contributed by atoms with van der Waals surface area (Å²) >= 11 is 0. The van der Waals surface area contributed by atoms with E-state index in [9.17, 15) is 9.90 Å². The van der Waals surface area contributed by atoms with Crippen LogP contribution in [0.25, 0.3) is 0 Å². The van der Waals surface area contributed by atoms with Gasteiger partial charge in [0.25, 0.3) is 5.79 Å². The maximum atomic E-state index is 13.0. The van der Waals surface area contributed by atoms with Crippen molar-refractivity contribution in [1.29, 1.82) is 0 Å². The highest BCUT2D eigenvalue weighted by molar-refractivity contribution is 5.97. The van der Waals surface area contributed by atoms with Crippen molar-refractivity contribution >= 4 is 5.97 Å². The summed E-state index contributed by atoms with van der Waals surface area (Å²) in [4.78, 5) is 13.0. The first-order valence-electron chi connectivity index (χ1n) is 10.9. The van der Waals surface area contributed by atoms with E-state index in [-0.39, 0.29) is 30.6 Å². The van der Waals surface area contributed by atoms with Gasteiger partial charge in [-0.05, 0) is 62.2 Å². The van der Waals surface area contributed by atoms with Gasteiger partial charge in [0, 0.05) is 17.6 Å². The molecule has 180 valence electrons. The second kappa shape index (κ2) is 9.30. The molecule has 0 saturated heterocycles. The Labute approximate surface area is 198 Å². The molecular formula is C26H28O8. The highest BCUT2D eigenvalue weighted by Gasteiger charge is 2.50. The van der Waals surface area contributed by atoms with Gasteiger partial charge in [0.05, 0.1) is 20.3 Å². The second-order valence-electron chi connectivity index (χ2n) is 8.31. The van der Waals surface area contributed by atoms with Crippen molar-refractivity contribution in [2.75, 3.05) is 21.0 Å². The summed E-state index contributed by atoms with van der Waals surface area (Å²) in [7, 11) is 3.13. The number of methoxy groups -OCH3 is 2. The Kier molecular flexibility index (Phi) is 6.43. The summed E-state index contributed by atoms with van der Waals surface area (Å²) in [5, 5.41) is 11.8. The molecular weight excluding hydrogens is 440 g/mol. The molecule has 0 bridgehead atoms. The lowest BCUT2D eigenvalue weighted by molar-refractivity contribution is -0.186. The van der Waals surface area contributed by atoms with Crippen LogP contribution in [0.15, 0.2) is 59.6 Å². The smallest absolute Gasteiger partial charge is 0.345 e. The Bertz CT molecular complexity index is 1160. The minimum Gasteiger partial charge on any atom is -0.496 e. The van der Waals surface area contributed by atoms with Crippen molar-refractivity contribution in [1.82, 2.24) is 0 Å². The van der Waals surface area contributed by atoms with Gasteiger partial charge in [-0.25, -0.2) is 4.79 Å². The number of carbonyl (C=O) groups is 1. The Morgan fingerprint density at radius 2 is 1.79 bits per heavy atom. The lowest BCUT2D eigenvalue weighted by Gasteiger charge is -2.26. The van der Waals surface area contributed by atoms with E-state index < -0.39 is 11.8 Å². The van der Waals surface area contributed by atoms with Crippen LogP contribution in [0.5, 0.6) is 17.2 Å². The fraction of sp³-hybridized carbons (Fsp3) is 0.346. The number of ether oxygens (including phenoxy) is 6. The molecule has 0 spiro atoms. The van der Waals surface area contributed by atoms with Gasteiger partial charge in [0.2, 0.25) is 6.79 Å². The Morgan fingerprint density at radius 3 is 2.41 bits per heavy atom. The number of cyclic esters (lactones) is 1. The zero-order valence-corrected chi connectivity index (χ0v) is 19.8. The van der Waals surface area contributed by atoms with Crippen LogP contribution in [-0.2, 0) is 31.2 Å². The third-order valence-corrected chi connectivity index (χ3v) is 5.63. The van der Waals surface area contributed by atoms with Crippen LogP contribution in [0.3, 0.4) is 0 Å². The number of aryl methyl sites for hydroxylation is 1. The minimum absolute atomic E-state index is 0.0193. The van der Waals surface area contributed by atoms with E-state index in [1.807, 2.05) is 32.9 Å². The first kappa shape index (κ1) is 23.5. The molecule has 2 aliphatic heterocycles. The first-order valence-corrected chi connectivity index (χ1v) is 10.9. The molecule has 2 heterocycles. The van der Waals surface area contributed by atoms with E-state index in [0.717, 1.165) is 11.1 Å². The van der Waals surface area contributed by atoms with E-state index in [4.69, 9.17) is 28.4 Å². The number of aliphatic hydroxyl groups is 1. The molecule has 0 aromatic heterocycles. The van der Waals surface area contributed by atoms with Gasteiger partial charge in [0.15, 0.2) is 17.3 Å². The maximum absolute atomic E-state index is 13.0. The van der Waals surface area contributed by atoms with Crippen LogP contribution in [-0.4, -0.2) is 38.2 Å². The third kappa shape index (κ3) is 4.28. The lowest BCUT2D eigenvalue weighted by Crippen LogP contribution is -2.30. The number of benzene rings is 2. The predicted molar refractivity (Wildman–Crippen MR) is 122 cm³/mol. The molecule has 0 radical (unpaired) electrons. The molecule has 8 nitrogen and oxygen atoms in total. The van der Waals surface area contributed by atoms with Crippen molar-refractivity contribution in [3.8, 4) is 17.2 Å². The number of rotatable bonds is 8. The lowest BCUT2D eigenvalue weighted by atomic mass is 9.89. The molecule has 1 unspecified atom stereocenters. The number of esters is 1. The van der Waals surface area contributed by atoms with Crippen molar-refractivity contribution in [2.45, 2.75) is 39.1 Å². The number of hydrogen-bond donors (Lipinski definition) is 1. The van der Waals surface area contributed by atoms with Crippen molar-refractivity contribution in [3.63, 3.8) is 0 Å². The van der Waals surface area contributed by atoms with Crippen LogP contribution in [0.1, 0.15) is 30.5 Å². The molecule has 8 heteroatoms. The SMILES string of the molecule is COc1ccc(C2(O)OC(=O)C(C3=COCO3)=C2Cc2ccc(OC(C)C)c(OC)c2)cc1C. The van der Waals surface area contributed by atoms with Gasteiger partial charge < -0.3 is 33.5 Å². The van der Waals surface area contributed by atoms with Gasteiger partial charge in [-0.15, -0.1) is 0 Å². The van der Waals surface area contributed by atoms with Gasteiger partial charge in [-0.3, -0.25) is 0 Å². The first-order chi connectivity index (χ1) is 16.3. The molecule has 0 saturated carbocycles. The normalized spacial score (nSPS) is 19.5. The monoisotopic (exact) mass is 468 g/mol. The van der Waals surface area contributed by atoms with Crippen LogP contribution in [0.2, 0.25) is 0 Å². The standard InChI is InChI=1S/C26H28O8/c1-15(2)33-21-8-6-17(12-22(21)30-5)11-19-24(23-13-31-14-32-23)25(27)34-26(19,28)18-7-9-20(29-4)16(3)10-18/h6-10,12-13,15,28H,11,14H2,1-5H3. The van der Waals surface area contributed by atoms with Crippen LogP contribution >= 0.6 is 0 Å². The average molecular weight is 469 g/mol. The molecule has 0 amide bonds. The molecule has 34 heavy (non-hydrogen) atoms. The molecule has 0 fully saturated rings. The summed E-state index contributed by atoms with van der Waals surface area (Å²) in [6.45, 7) is 5.69. The van der Waals surface area contributed by atoms with Crippen LogP contribution in [0.4, 0.5) is 0 Å².